The lowest BCUT2D eigenvalue weighted by molar-refractivity contribution is 0.198. The number of hydrogen-bond donors (Lipinski definition) is 1. The van der Waals surface area contributed by atoms with Crippen molar-refractivity contribution in [3.63, 3.8) is 0 Å². The largest absolute Gasteiger partial charge is 0.464 e. The van der Waals surface area contributed by atoms with E-state index in [1.54, 1.807) is 19.6 Å². The lowest BCUT2D eigenvalue weighted by atomic mass is 10.1. The lowest BCUT2D eigenvalue weighted by Gasteiger charge is -1.99. The van der Waals surface area contributed by atoms with Gasteiger partial charge in [-0.3, -0.25) is 0 Å². The number of para-hydroxylation sites is 1. The molecule has 5 heteroatoms. The van der Waals surface area contributed by atoms with Crippen LogP contribution in [0.1, 0.15) is 5.89 Å². The molecule has 104 valence electrons. The third-order valence-electron chi connectivity index (χ3n) is 3.06. The molecule has 0 bridgehead atoms. The molecule has 1 N–H and O–H groups in total. The fourth-order valence-corrected chi connectivity index (χ4v) is 2.05. The molecule has 0 saturated heterocycles. The van der Waals surface area contributed by atoms with Gasteiger partial charge < -0.3 is 18.9 Å². The minimum absolute atomic E-state index is 0.582. The van der Waals surface area contributed by atoms with E-state index in [1.165, 1.54) is 0 Å². The van der Waals surface area contributed by atoms with Crippen molar-refractivity contribution in [2.45, 2.75) is 6.54 Å². The average Bonchev–Trinajstić information content (AvgIpc) is 3.10. The van der Waals surface area contributed by atoms with Gasteiger partial charge in [-0.1, -0.05) is 18.2 Å². The van der Waals surface area contributed by atoms with Crippen LogP contribution in [0, 0.1) is 0 Å². The molecule has 20 heavy (non-hydrogen) atoms. The number of nitrogens with one attached hydrogen (secondary N) is 1. The fraction of sp³-hybridized carbons (Fsp3) is 0.267. The number of methoxy groups -OCH3 is 1. The molecule has 0 unspecified atom stereocenters. The molecule has 0 fully saturated rings. The van der Waals surface area contributed by atoms with Gasteiger partial charge in [0.25, 0.3) is 0 Å². The Bertz CT molecular complexity index is 687. The Morgan fingerprint density at radius 1 is 1.30 bits per heavy atom. The summed E-state index contributed by atoms with van der Waals surface area (Å²) in [5.74, 6) is 1.37. The van der Waals surface area contributed by atoms with Crippen LogP contribution in [0.3, 0.4) is 0 Å². The maximum absolute atomic E-state index is 5.74. The first kappa shape index (κ1) is 12.9. The predicted molar refractivity (Wildman–Crippen MR) is 75.3 cm³/mol. The van der Waals surface area contributed by atoms with Crippen LogP contribution in [0.4, 0.5) is 0 Å². The summed E-state index contributed by atoms with van der Waals surface area (Å²) in [6.45, 7) is 2.02. The van der Waals surface area contributed by atoms with Crippen molar-refractivity contribution in [1.29, 1.82) is 0 Å². The van der Waals surface area contributed by atoms with Gasteiger partial charge >= 0.3 is 0 Å². The topological polar surface area (TPSA) is 60.4 Å². The molecule has 0 aliphatic heterocycles. The quantitative estimate of drug-likeness (QED) is 0.699. The lowest BCUT2D eigenvalue weighted by Crippen LogP contribution is -2.18. The van der Waals surface area contributed by atoms with Crippen LogP contribution in [-0.4, -0.2) is 25.2 Å². The first-order valence-electron chi connectivity index (χ1n) is 6.49. The Morgan fingerprint density at radius 2 is 2.20 bits per heavy atom. The van der Waals surface area contributed by atoms with Crippen LogP contribution in [0.25, 0.3) is 22.3 Å². The molecule has 2 heterocycles. The van der Waals surface area contributed by atoms with E-state index in [-0.39, 0.29) is 0 Å². The second-order valence-electron chi connectivity index (χ2n) is 4.43. The maximum Gasteiger partial charge on any atom is 0.208 e. The second-order valence-corrected chi connectivity index (χ2v) is 4.43. The summed E-state index contributed by atoms with van der Waals surface area (Å²) in [5, 5.41) is 4.22. The molecule has 0 aliphatic carbocycles. The van der Waals surface area contributed by atoms with Gasteiger partial charge in [-0.05, 0) is 6.07 Å². The Morgan fingerprint density at radius 3 is 3.10 bits per heavy atom. The number of benzene rings is 1. The van der Waals surface area contributed by atoms with E-state index in [0.29, 0.717) is 19.0 Å². The smallest absolute Gasteiger partial charge is 0.208 e. The summed E-state index contributed by atoms with van der Waals surface area (Å²) in [6.07, 6.45) is 3.43. The van der Waals surface area contributed by atoms with Crippen molar-refractivity contribution < 1.29 is 13.6 Å². The van der Waals surface area contributed by atoms with Gasteiger partial charge in [0, 0.05) is 19.0 Å². The van der Waals surface area contributed by atoms with Gasteiger partial charge in [0.15, 0.2) is 5.76 Å². The Balaban J connectivity index is 1.76. The third-order valence-corrected chi connectivity index (χ3v) is 3.06. The number of furan rings is 1. The van der Waals surface area contributed by atoms with Crippen molar-refractivity contribution in [3.05, 3.63) is 42.6 Å². The van der Waals surface area contributed by atoms with E-state index in [2.05, 4.69) is 10.3 Å². The predicted octanol–water partition coefficient (Wildman–Crippen LogP) is 2.82. The first-order chi connectivity index (χ1) is 9.88. The number of nitrogens with zero attached hydrogens (tertiary/aromatic N) is 1. The van der Waals surface area contributed by atoms with Gasteiger partial charge in [0.05, 0.1) is 24.9 Å². The zero-order chi connectivity index (χ0) is 13.8. The molecular formula is C15H16N2O3. The normalized spacial score (nSPS) is 11.2. The van der Waals surface area contributed by atoms with E-state index >= 15 is 0 Å². The van der Waals surface area contributed by atoms with Gasteiger partial charge in [-0.2, -0.15) is 0 Å². The highest BCUT2D eigenvalue weighted by atomic mass is 16.5. The van der Waals surface area contributed by atoms with Gasteiger partial charge in [-0.25, -0.2) is 4.98 Å². The van der Waals surface area contributed by atoms with Crippen LogP contribution in [0.15, 0.2) is 45.6 Å². The van der Waals surface area contributed by atoms with E-state index in [0.717, 1.165) is 28.8 Å². The van der Waals surface area contributed by atoms with E-state index in [1.807, 2.05) is 24.3 Å². The number of ether oxygens (including phenoxy) is 1. The number of oxazole rings is 1. The van der Waals surface area contributed by atoms with Crippen LogP contribution in [0.5, 0.6) is 0 Å². The summed E-state index contributed by atoms with van der Waals surface area (Å²) in [7, 11) is 1.68. The van der Waals surface area contributed by atoms with Crippen molar-refractivity contribution >= 4 is 11.0 Å². The molecule has 3 rings (SSSR count). The first-order valence-corrected chi connectivity index (χ1v) is 6.49. The second kappa shape index (κ2) is 5.90. The summed E-state index contributed by atoms with van der Waals surface area (Å²) >= 11 is 0. The minimum atomic E-state index is 0.582. The van der Waals surface area contributed by atoms with Crippen molar-refractivity contribution in [2.24, 2.45) is 0 Å². The molecule has 3 aromatic rings. The molecule has 0 spiro atoms. The van der Waals surface area contributed by atoms with Gasteiger partial charge in [0.1, 0.15) is 11.8 Å². The molecule has 0 amide bonds. The van der Waals surface area contributed by atoms with E-state index in [4.69, 9.17) is 13.6 Å². The number of fused-ring (bicyclic) bond motifs is 1. The summed E-state index contributed by atoms with van der Waals surface area (Å²) < 4.78 is 16.2. The average molecular weight is 272 g/mol. The van der Waals surface area contributed by atoms with Crippen molar-refractivity contribution in [3.8, 4) is 11.3 Å². The molecule has 0 radical (unpaired) electrons. The number of hydrogen-bond acceptors (Lipinski definition) is 5. The zero-order valence-corrected chi connectivity index (χ0v) is 11.3. The molecule has 1 aromatic carbocycles. The van der Waals surface area contributed by atoms with Gasteiger partial charge in [-0.15, -0.1) is 0 Å². The summed E-state index contributed by atoms with van der Waals surface area (Å²) in [6, 6.07) is 7.86. The van der Waals surface area contributed by atoms with Crippen molar-refractivity contribution in [1.82, 2.24) is 10.3 Å². The molecular weight excluding hydrogens is 256 g/mol. The molecule has 0 atom stereocenters. The van der Waals surface area contributed by atoms with Gasteiger partial charge in [0.2, 0.25) is 5.89 Å². The number of aromatic nitrogens is 1. The molecule has 2 aromatic heterocycles. The molecule has 5 nitrogen and oxygen atoms in total. The Kier molecular flexibility index (Phi) is 3.80. The van der Waals surface area contributed by atoms with E-state index in [9.17, 15) is 0 Å². The Labute approximate surface area is 116 Å². The van der Waals surface area contributed by atoms with Crippen LogP contribution in [-0.2, 0) is 11.3 Å². The minimum Gasteiger partial charge on any atom is -0.464 e. The van der Waals surface area contributed by atoms with Crippen molar-refractivity contribution in [2.75, 3.05) is 20.3 Å². The standard InChI is InChI=1S/C15H16N2O3/c1-18-7-6-16-9-15-17-8-14(20-15)12-10-19-13-5-3-2-4-11(12)13/h2-5,8,10,16H,6-7,9H2,1H3. The van der Waals surface area contributed by atoms with Crippen LogP contribution < -0.4 is 5.32 Å². The highest BCUT2D eigenvalue weighted by Crippen LogP contribution is 2.30. The highest BCUT2D eigenvalue weighted by molar-refractivity contribution is 5.92. The number of rotatable bonds is 6. The molecule has 0 saturated carbocycles. The summed E-state index contributed by atoms with van der Waals surface area (Å²) in [5.41, 5.74) is 1.77. The maximum atomic E-state index is 5.74. The highest BCUT2D eigenvalue weighted by Gasteiger charge is 2.12. The van der Waals surface area contributed by atoms with Crippen LogP contribution >= 0.6 is 0 Å². The van der Waals surface area contributed by atoms with Crippen LogP contribution in [0.2, 0.25) is 0 Å². The SMILES string of the molecule is COCCNCc1ncc(-c2coc3ccccc23)o1. The third kappa shape index (κ3) is 2.59. The summed E-state index contributed by atoms with van der Waals surface area (Å²) in [4.78, 5) is 4.26. The zero-order valence-electron chi connectivity index (χ0n) is 11.3. The Hall–Kier alpha value is -2.11. The fourth-order valence-electron chi connectivity index (χ4n) is 2.05. The monoisotopic (exact) mass is 272 g/mol. The molecule has 0 aliphatic rings. The van der Waals surface area contributed by atoms with E-state index < -0.39 is 0 Å².